The maximum Gasteiger partial charge on any atom is 0.471 e. The lowest BCUT2D eigenvalue weighted by Gasteiger charge is -2.07. The molecule has 0 spiro atoms. The molecule has 124 valence electrons. The number of halogens is 5. The number of benzene rings is 2. The summed E-state index contributed by atoms with van der Waals surface area (Å²) in [5.41, 5.74) is 0.391. The van der Waals surface area contributed by atoms with Crippen LogP contribution in [0.25, 0.3) is 11.4 Å². The molecular weight excluding hydrogens is 384 g/mol. The molecule has 0 N–H and O–H groups in total. The molecular formula is C15H7Cl2F3N2OS. The summed E-state index contributed by atoms with van der Waals surface area (Å²) in [5.74, 6) is -1.53. The van der Waals surface area contributed by atoms with Gasteiger partial charge >= 0.3 is 12.1 Å². The number of aromatic nitrogens is 2. The monoisotopic (exact) mass is 390 g/mol. The van der Waals surface area contributed by atoms with Gasteiger partial charge in [0.2, 0.25) is 5.82 Å². The number of rotatable bonds is 3. The van der Waals surface area contributed by atoms with Crippen molar-refractivity contribution in [2.45, 2.75) is 16.0 Å². The Hall–Kier alpha value is -1.70. The van der Waals surface area contributed by atoms with E-state index in [0.717, 1.165) is 4.90 Å². The fraction of sp³-hybridized carbons (Fsp3) is 0.0667. The van der Waals surface area contributed by atoms with Crippen molar-refractivity contribution in [3.8, 4) is 11.4 Å². The lowest BCUT2D eigenvalue weighted by molar-refractivity contribution is -0.159. The van der Waals surface area contributed by atoms with Crippen LogP contribution in [0.3, 0.4) is 0 Å². The van der Waals surface area contributed by atoms with Crippen LogP contribution in [0.15, 0.2) is 56.8 Å². The summed E-state index contributed by atoms with van der Waals surface area (Å²) >= 11 is 13.5. The first-order valence-electron chi connectivity index (χ1n) is 6.48. The Kier molecular flexibility index (Phi) is 4.76. The van der Waals surface area contributed by atoms with Crippen LogP contribution >= 0.6 is 35.0 Å². The van der Waals surface area contributed by atoms with Gasteiger partial charge in [0.1, 0.15) is 0 Å². The maximum absolute atomic E-state index is 12.5. The molecule has 2 aromatic carbocycles. The van der Waals surface area contributed by atoms with Gasteiger partial charge in [0.15, 0.2) is 0 Å². The molecule has 0 aliphatic carbocycles. The number of hydrogen-bond acceptors (Lipinski definition) is 4. The van der Waals surface area contributed by atoms with E-state index in [0.29, 0.717) is 20.5 Å². The van der Waals surface area contributed by atoms with E-state index in [9.17, 15) is 13.2 Å². The smallest absolute Gasteiger partial charge is 0.329 e. The van der Waals surface area contributed by atoms with Crippen molar-refractivity contribution in [3.63, 3.8) is 0 Å². The van der Waals surface area contributed by atoms with E-state index < -0.39 is 12.1 Å². The minimum atomic E-state index is -4.68. The summed E-state index contributed by atoms with van der Waals surface area (Å²) in [7, 11) is 0. The highest BCUT2D eigenvalue weighted by Gasteiger charge is 2.38. The first-order valence-corrected chi connectivity index (χ1v) is 8.05. The van der Waals surface area contributed by atoms with Crippen LogP contribution in [-0.4, -0.2) is 10.1 Å². The molecule has 24 heavy (non-hydrogen) atoms. The summed E-state index contributed by atoms with van der Waals surface area (Å²) in [6, 6.07) is 11.8. The molecule has 1 aromatic heterocycles. The molecule has 0 amide bonds. The Balaban J connectivity index is 1.91. The molecule has 1 heterocycles. The maximum atomic E-state index is 12.5. The van der Waals surface area contributed by atoms with E-state index in [1.54, 1.807) is 42.5 Å². The van der Waals surface area contributed by atoms with Crippen LogP contribution in [0.5, 0.6) is 0 Å². The highest BCUT2D eigenvalue weighted by molar-refractivity contribution is 7.99. The van der Waals surface area contributed by atoms with Gasteiger partial charge in [0, 0.05) is 15.4 Å². The molecule has 0 atom stereocenters. The molecule has 0 saturated heterocycles. The average Bonchev–Trinajstić information content (AvgIpc) is 3.02. The Morgan fingerprint density at radius 3 is 2.29 bits per heavy atom. The Labute approximate surface area is 148 Å². The fourth-order valence-corrected chi connectivity index (χ4v) is 3.38. The van der Waals surface area contributed by atoms with E-state index in [-0.39, 0.29) is 5.82 Å². The van der Waals surface area contributed by atoms with Gasteiger partial charge < -0.3 is 4.52 Å². The fourth-order valence-electron chi connectivity index (χ4n) is 1.85. The van der Waals surface area contributed by atoms with Crippen molar-refractivity contribution in [3.05, 3.63) is 58.4 Å². The predicted octanol–water partition coefficient (Wildman–Crippen LogP) is 6.21. The Morgan fingerprint density at radius 2 is 1.67 bits per heavy atom. The van der Waals surface area contributed by atoms with Crippen molar-refractivity contribution in [2.24, 2.45) is 0 Å². The standard InChI is InChI=1S/C15H7Cl2F3N2OS/c16-10-5-2-6-11(17)12(10)24-9-4-1-3-8(7-9)13-21-14(23-22-13)15(18,19)20/h1-7H. The third kappa shape index (κ3) is 3.68. The summed E-state index contributed by atoms with van der Waals surface area (Å²) in [4.78, 5) is 4.75. The number of hydrogen-bond donors (Lipinski definition) is 0. The molecule has 3 aromatic rings. The number of nitrogens with zero attached hydrogens (tertiary/aromatic N) is 2. The van der Waals surface area contributed by atoms with Gasteiger partial charge in [-0.05, 0) is 24.3 Å². The topological polar surface area (TPSA) is 38.9 Å². The van der Waals surface area contributed by atoms with Crippen molar-refractivity contribution in [1.82, 2.24) is 10.1 Å². The predicted molar refractivity (Wildman–Crippen MR) is 85.3 cm³/mol. The molecule has 3 rings (SSSR count). The molecule has 0 aliphatic rings. The summed E-state index contributed by atoms with van der Waals surface area (Å²) in [5, 5.41) is 4.33. The summed E-state index contributed by atoms with van der Waals surface area (Å²) in [6.45, 7) is 0. The van der Waals surface area contributed by atoms with Crippen LogP contribution in [0, 0.1) is 0 Å². The van der Waals surface area contributed by atoms with E-state index >= 15 is 0 Å². The van der Waals surface area contributed by atoms with Crippen molar-refractivity contribution < 1.29 is 17.7 Å². The largest absolute Gasteiger partial charge is 0.471 e. The molecule has 9 heteroatoms. The van der Waals surface area contributed by atoms with Gasteiger partial charge in [-0.15, -0.1) is 0 Å². The van der Waals surface area contributed by atoms with Gasteiger partial charge in [-0.3, -0.25) is 0 Å². The van der Waals surface area contributed by atoms with Gasteiger partial charge in [-0.2, -0.15) is 18.2 Å². The SMILES string of the molecule is FC(F)(F)c1nc(-c2cccc(Sc3c(Cl)cccc3Cl)c2)no1. The second kappa shape index (κ2) is 6.66. The van der Waals surface area contributed by atoms with E-state index in [1.165, 1.54) is 11.8 Å². The zero-order valence-electron chi connectivity index (χ0n) is 11.6. The summed E-state index contributed by atoms with van der Waals surface area (Å²) < 4.78 is 41.9. The van der Waals surface area contributed by atoms with Crippen LogP contribution in [0.4, 0.5) is 13.2 Å². The second-order valence-corrected chi connectivity index (χ2v) is 6.50. The van der Waals surface area contributed by atoms with Crippen molar-refractivity contribution >= 4 is 35.0 Å². The molecule has 3 nitrogen and oxygen atoms in total. The highest BCUT2D eigenvalue weighted by Crippen LogP contribution is 2.39. The first kappa shape index (κ1) is 17.1. The van der Waals surface area contributed by atoms with Crippen LogP contribution in [0.2, 0.25) is 10.0 Å². The molecule has 0 fully saturated rings. The van der Waals surface area contributed by atoms with E-state index in [2.05, 4.69) is 14.7 Å². The van der Waals surface area contributed by atoms with Crippen molar-refractivity contribution in [1.29, 1.82) is 0 Å². The van der Waals surface area contributed by atoms with Gasteiger partial charge in [0.05, 0.1) is 10.0 Å². The third-order valence-corrected chi connectivity index (χ3v) is 4.89. The van der Waals surface area contributed by atoms with Crippen LogP contribution in [-0.2, 0) is 6.18 Å². The lowest BCUT2D eigenvalue weighted by Crippen LogP contribution is -2.04. The summed E-state index contributed by atoms with van der Waals surface area (Å²) in [6.07, 6.45) is -4.68. The first-order chi connectivity index (χ1) is 11.3. The average molecular weight is 391 g/mol. The molecule has 0 unspecified atom stereocenters. The molecule has 0 aliphatic heterocycles. The zero-order valence-corrected chi connectivity index (χ0v) is 14.0. The zero-order chi connectivity index (χ0) is 17.3. The lowest BCUT2D eigenvalue weighted by atomic mass is 10.2. The Bertz CT molecular complexity index is 863. The van der Waals surface area contributed by atoms with Crippen molar-refractivity contribution in [2.75, 3.05) is 0 Å². The van der Waals surface area contributed by atoms with Gasteiger partial charge in [0.25, 0.3) is 0 Å². The third-order valence-electron chi connectivity index (χ3n) is 2.90. The number of alkyl halides is 3. The normalized spacial score (nSPS) is 11.7. The minimum absolute atomic E-state index is 0.143. The quantitative estimate of drug-likeness (QED) is 0.532. The van der Waals surface area contributed by atoms with Crippen LogP contribution in [0.1, 0.15) is 5.89 Å². The Morgan fingerprint density at radius 1 is 1.00 bits per heavy atom. The second-order valence-electron chi connectivity index (χ2n) is 4.60. The van der Waals surface area contributed by atoms with Crippen LogP contribution < -0.4 is 0 Å². The van der Waals surface area contributed by atoms with Gasteiger partial charge in [-0.25, -0.2) is 0 Å². The minimum Gasteiger partial charge on any atom is -0.329 e. The highest BCUT2D eigenvalue weighted by atomic mass is 35.5. The van der Waals surface area contributed by atoms with E-state index in [4.69, 9.17) is 23.2 Å². The van der Waals surface area contributed by atoms with E-state index in [1.807, 2.05) is 0 Å². The molecule has 0 bridgehead atoms. The molecule has 0 radical (unpaired) electrons. The molecule has 0 saturated carbocycles. The van der Waals surface area contributed by atoms with Gasteiger partial charge in [-0.1, -0.05) is 58.3 Å².